The minimum Gasteiger partial charge on any atom is -0.776 e. The summed E-state index contributed by atoms with van der Waals surface area (Å²) in [6.45, 7) is 0. The van der Waals surface area contributed by atoms with Crippen molar-refractivity contribution in [2.24, 2.45) is 0 Å². The number of aromatic amines is 1. The first-order valence-corrected chi connectivity index (χ1v) is 8.95. The fraction of sp³-hybridized carbons (Fsp3) is 0.200. The van der Waals surface area contributed by atoms with Gasteiger partial charge in [0, 0.05) is 36.1 Å². The van der Waals surface area contributed by atoms with Gasteiger partial charge in [-0.25, -0.2) is 4.39 Å². The molecule has 23 heavy (non-hydrogen) atoms. The van der Waals surface area contributed by atoms with Gasteiger partial charge in [-0.15, -0.1) is 0 Å². The molecule has 0 saturated heterocycles. The molecule has 120 valence electrons. The number of hydrogen-bond acceptors (Lipinski definition) is 5. The average Bonchev–Trinajstić information content (AvgIpc) is 2.90. The summed E-state index contributed by atoms with van der Waals surface area (Å²) in [5.74, 6) is 0. The summed E-state index contributed by atoms with van der Waals surface area (Å²) in [5.41, 5.74) is 0.872. The Labute approximate surface area is 152 Å². The smallest absolute Gasteiger partial charge is 0.776 e. The summed E-state index contributed by atoms with van der Waals surface area (Å²) in [4.78, 5) is 41.6. The number of nitrogens with one attached hydrogen (secondary N) is 1. The molecule has 0 saturated carbocycles. The first-order chi connectivity index (χ1) is 10.0. The molecule has 2 heterocycles. The molecule has 0 amide bonds. The molecule has 2 unspecified atom stereocenters. The van der Waals surface area contributed by atoms with Gasteiger partial charge >= 0.3 is 37.2 Å². The summed E-state index contributed by atoms with van der Waals surface area (Å²) < 4.78 is 36.6. The van der Waals surface area contributed by atoms with Crippen LogP contribution >= 0.6 is 15.2 Å². The van der Waals surface area contributed by atoms with Crippen LogP contribution in [-0.2, 0) is 15.6 Å². The third kappa shape index (κ3) is 4.36. The van der Waals surface area contributed by atoms with Gasteiger partial charge in [0.25, 0.3) is 5.15 Å². The Bertz CT molecular complexity index is 740. The van der Waals surface area contributed by atoms with Gasteiger partial charge in [0.2, 0.25) is 0 Å². The van der Waals surface area contributed by atoms with Crippen LogP contribution < -0.4 is 34.5 Å². The fourth-order valence-corrected chi connectivity index (χ4v) is 3.87. The zero-order valence-corrected chi connectivity index (χ0v) is 15.6. The minimum atomic E-state index is -5.98. The van der Waals surface area contributed by atoms with Crippen molar-refractivity contribution in [3.05, 3.63) is 36.4 Å². The molecule has 0 aliphatic rings. The molecule has 0 radical (unpaired) electrons. The van der Waals surface area contributed by atoms with E-state index in [9.17, 15) is 18.4 Å². The second-order valence-corrected chi connectivity index (χ2v) is 8.43. The van der Waals surface area contributed by atoms with E-state index in [0.717, 1.165) is 6.20 Å². The molecule has 0 spiro atoms. The van der Waals surface area contributed by atoms with Crippen LogP contribution in [0.3, 0.4) is 0 Å². The van der Waals surface area contributed by atoms with E-state index >= 15 is 0 Å². The van der Waals surface area contributed by atoms with Gasteiger partial charge in [0.15, 0.2) is 7.60 Å². The largest absolute Gasteiger partial charge is 1.00 e. The van der Waals surface area contributed by atoms with Crippen molar-refractivity contribution in [1.82, 2.24) is 15.2 Å². The number of nitrogens with zero attached hydrogens (tertiary/aromatic N) is 2. The van der Waals surface area contributed by atoms with Crippen LogP contribution in [0.5, 0.6) is 0 Å². The van der Waals surface area contributed by atoms with E-state index in [4.69, 9.17) is 14.7 Å². The first-order valence-electron chi connectivity index (χ1n) is 5.76. The van der Waals surface area contributed by atoms with E-state index in [-0.39, 0.29) is 35.1 Å². The maximum atomic E-state index is 14.3. The van der Waals surface area contributed by atoms with Crippen LogP contribution in [0, 0.1) is 0 Å². The SMILES string of the molecule is O=P([O-])(O)C(F)(Cc1cncc(-c2cn[nH]c2)c1)P(=O)(O)O.[Na+]. The van der Waals surface area contributed by atoms with Gasteiger partial charge in [0.05, 0.1) is 6.20 Å². The molecule has 0 aliphatic heterocycles. The molecule has 2 aromatic heterocycles. The zero-order chi connectivity index (χ0) is 16.6. The number of alkyl halides is 1. The summed E-state index contributed by atoms with van der Waals surface area (Å²) in [6, 6.07) is 1.29. The summed E-state index contributed by atoms with van der Waals surface area (Å²) in [6.07, 6.45) is 4.10. The van der Waals surface area contributed by atoms with Crippen LogP contribution in [0.15, 0.2) is 30.9 Å². The second kappa shape index (κ2) is 7.23. The Kier molecular flexibility index (Phi) is 6.48. The average molecular weight is 373 g/mol. The van der Waals surface area contributed by atoms with E-state index in [2.05, 4.69) is 15.2 Å². The molecular formula is C10H11FN3NaO6P2. The molecule has 0 aromatic carbocycles. The number of hydrogen-bond donors (Lipinski definition) is 4. The van der Waals surface area contributed by atoms with Crippen LogP contribution in [0.25, 0.3) is 11.1 Å². The van der Waals surface area contributed by atoms with Crippen molar-refractivity contribution >= 4 is 15.2 Å². The summed E-state index contributed by atoms with van der Waals surface area (Å²) in [7, 11) is -11.8. The molecule has 0 fully saturated rings. The summed E-state index contributed by atoms with van der Waals surface area (Å²) in [5, 5.41) is 2.11. The van der Waals surface area contributed by atoms with Crippen molar-refractivity contribution in [2.75, 3.05) is 0 Å². The third-order valence-corrected chi connectivity index (χ3v) is 6.55. The fourth-order valence-electron chi connectivity index (χ4n) is 1.78. The van der Waals surface area contributed by atoms with Gasteiger partial charge in [-0.05, 0) is 11.6 Å². The van der Waals surface area contributed by atoms with Gasteiger partial charge in [-0.1, -0.05) is 0 Å². The van der Waals surface area contributed by atoms with Crippen molar-refractivity contribution < 1.29 is 62.7 Å². The number of halogens is 1. The first kappa shape index (κ1) is 20.6. The van der Waals surface area contributed by atoms with Gasteiger partial charge < -0.3 is 24.1 Å². The van der Waals surface area contributed by atoms with E-state index < -0.39 is 26.8 Å². The van der Waals surface area contributed by atoms with Crippen LogP contribution in [-0.4, -0.2) is 35.0 Å². The van der Waals surface area contributed by atoms with E-state index in [0.29, 0.717) is 11.1 Å². The van der Waals surface area contributed by atoms with Crippen molar-refractivity contribution in [3.8, 4) is 11.1 Å². The second-order valence-electron chi connectivity index (χ2n) is 4.53. The quantitative estimate of drug-likeness (QED) is 0.327. The van der Waals surface area contributed by atoms with Gasteiger partial charge in [-0.3, -0.25) is 14.6 Å². The molecular weight excluding hydrogens is 362 g/mol. The van der Waals surface area contributed by atoms with Crippen LogP contribution in [0.1, 0.15) is 5.56 Å². The van der Waals surface area contributed by atoms with Crippen molar-refractivity contribution in [3.63, 3.8) is 0 Å². The van der Waals surface area contributed by atoms with E-state index in [1.54, 1.807) is 0 Å². The van der Waals surface area contributed by atoms with Gasteiger partial charge in [-0.2, -0.15) is 5.10 Å². The van der Waals surface area contributed by atoms with E-state index in [1.807, 2.05) is 0 Å². The Hall–Kier alpha value is -0.410. The predicted molar refractivity (Wildman–Crippen MR) is 71.2 cm³/mol. The van der Waals surface area contributed by atoms with Crippen LogP contribution in [0.4, 0.5) is 4.39 Å². The maximum Gasteiger partial charge on any atom is 1.00 e. The number of rotatable bonds is 5. The normalized spacial score (nSPS) is 16.9. The summed E-state index contributed by atoms with van der Waals surface area (Å²) >= 11 is 0. The Morgan fingerprint density at radius 1 is 1.22 bits per heavy atom. The van der Waals surface area contributed by atoms with Gasteiger partial charge in [0.1, 0.15) is 0 Å². The molecule has 0 bridgehead atoms. The number of H-pyrrole nitrogens is 1. The molecule has 2 atom stereocenters. The van der Waals surface area contributed by atoms with Crippen molar-refractivity contribution in [2.45, 2.75) is 11.6 Å². The number of pyridine rings is 1. The molecule has 2 aromatic rings. The molecule has 0 aliphatic carbocycles. The third-order valence-electron chi connectivity index (χ3n) is 2.93. The predicted octanol–water partition coefficient (Wildman–Crippen LogP) is -2.64. The minimum absolute atomic E-state index is 0. The number of aromatic nitrogens is 3. The molecule has 2 rings (SSSR count). The standard InChI is InChI=1S/C10H12FN3O6P2.Na/c11-10(21(15,16)17,22(18,19)20)2-7-1-8(4-12-3-7)9-5-13-14-6-9;/h1,3-6H,2H2,(H,13,14)(H2,15,16,17)(H2,18,19,20);/q;+1/p-1. The monoisotopic (exact) mass is 373 g/mol. The molecule has 9 nitrogen and oxygen atoms in total. The molecule has 13 heteroatoms. The Morgan fingerprint density at radius 2 is 1.87 bits per heavy atom. The Morgan fingerprint density at radius 3 is 2.35 bits per heavy atom. The topological polar surface area (TPSA) is 159 Å². The zero-order valence-electron chi connectivity index (χ0n) is 11.8. The van der Waals surface area contributed by atoms with Crippen molar-refractivity contribution in [1.29, 1.82) is 0 Å². The maximum absolute atomic E-state index is 14.3. The Balaban J connectivity index is 0.00000264. The van der Waals surface area contributed by atoms with E-state index in [1.165, 1.54) is 24.7 Å². The molecule has 4 N–H and O–H groups in total. The van der Waals surface area contributed by atoms with Crippen LogP contribution in [0.2, 0.25) is 0 Å².